The van der Waals surface area contributed by atoms with E-state index in [1.165, 1.54) is 11.3 Å². The maximum Gasteiger partial charge on any atom is 0.321 e. The molecule has 0 aliphatic carbocycles. The molecule has 24 heavy (non-hydrogen) atoms. The highest BCUT2D eigenvalue weighted by Gasteiger charge is 2.43. The van der Waals surface area contributed by atoms with Gasteiger partial charge in [-0.2, -0.15) is 0 Å². The number of benzene rings is 1. The second-order valence-electron chi connectivity index (χ2n) is 6.31. The smallest absolute Gasteiger partial charge is 0.321 e. The Hall–Kier alpha value is -2.41. The van der Waals surface area contributed by atoms with Crippen molar-refractivity contribution in [3.05, 3.63) is 46.9 Å². The zero-order valence-corrected chi connectivity index (χ0v) is 13.9. The van der Waals surface area contributed by atoms with E-state index in [2.05, 4.69) is 10.3 Å². The predicted octanol–water partition coefficient (Wildman–Crippen LogP) is 2.38. The molecule has 2 unspecified atom stereocenters. The summed E-state index contributed by atoms with van der Waals surface area (Å²) in [6.45, 7) is 2.81. The number of rotatable bonds is 2. The summed E-state index contributed by atoms with van der Waals surface area (Å²) in [5, 5.41) is 4.72. The SMILES string of the molecule is O=C(Nc1ccccc1)N1CC2CN(C(=O)c3cscn3)CC2C1. The number of anilines is 1. The maximum atomic E-state index is 12.4. The summed E-state index contributed by atoms with van der Waals surface area (Å²) in [5.74, 6) is 0.717. The molecule has 2 atom stereocenters. The Morgan fingerprint density at radius 2 is 1.71 bits per heavy atom. The Morgan fingerprint density at radius 1 is 1.04 bits per heavy atom. The third-order valence-electron chi connectivity index (χ3n) is 4.74. The monoisotopic (exact) mass is 342 g/mol. The van der Waals surface area contributed by atoms with Gasteiger partial charge in [-0.3, -0.25) is 4.79 Å². The number of carbonyl (C=O) groups is 2. The minimum absolute atomic E-state index is 0.00550. The standard InChI is InChI=1S/C17H18N4O2S/c22-16(15-10-24-11-18-15)20-6-12-8-21(9-13(12)7-20)17(23)19-14-4-2-1-3-5-14/h1-5,10-13H,6-9H2,(H,19,23). The molecule has 7 heteroatoms. The second kappa shape index (κ2) is 6.24. The first kappa shape index (κ1) is 15.1. The Morgan fingerprint density at radius 3 is 2.33 bits per heavy atom. The lowest BCUT2D eigenvalue weighted by Gasteiger charge is -2.21. The first-order valence-electron chi connectivity index (χ1n) is 7.99. The molecule has 3 heterocycles. The zero-order chi connectivity index (χ0) is 16.5. The largest absolute Gasteiger partial charge is 0.337 e. The summed E-state index contributed by atoms with van der Waals surface area (Å²) < 4.78 is 0. The predicted molar refractivity (Wildman–Crippen MR) is 92.0 cm³/mol. The number of hydrogen-bond acceptors (Lipinski definition) is 4. The molecule has 0 bridgehead atoms. The van der Waals surface area contributed by atoms with Gasteiger partial charge in [-0.25, -0.2) is 9.78 Å². The van der Waals surface area contributed by atoms with E-state index in [1.807, 2.05) is 40.1 Å². The second-order valence-corrected chi connectivity index (χ2v) is 7.02. The molecule has 0 saturated carbocycles. The van der Waals surface area contributed by atoms with Gasteiger partial charge in [0.05, 0.1) is 5.51 Å². The van der Waals surface area contributed by atoms with Gasteiger partial charge in [-0.1, -0.05) is 18.2 Å². The average Bonchev–Trinajstić information content (AvgIpc) is 3.31. The Balaban J connectivity index is 1.34. The van der Waals surface area contributed by atoms with Crippen molar-refractivity contribution in [3.8, 4) is 0 Å². The van der Waals surface area contributed by atoms with Gasteiger partial charge >= 0.3 is 6.03 Å². The number of carbonyl (C=O) groups excluding carboxylic acids is 2. The molecule has 1 aromatic heterocycles. The summed E-state index contributed by atoms with van der Waals surface area (Å²) in [6, 6.07) is 9.41. The number of thiazole rings is 1. The van der Waals surface area contributed by atoms with Crippen molar-refractivity contribution >= 4 is 29.0 Å². The van der Waals surface area contributed by atoms with Crippen molar-refractivity contribution in [2.75, 3.05) is 31.5 Å². The average molecular weight is 342 g/mol. The van der Waals surface area contributed by atoms with Gasteiger partial charge < -0.3 is 15.1 Å². The lowest BCUT2D eigenvalue weighted by Crippen LogP contribution is -2.37. The van der Waals surface area contributed by atoms with Gasteiger partial charge in [-0.05, 0) is 12.1 Å². The van der Waals surface area contributed by atoms with E-state index in [0.29, 0.717) is 43.7 Å². The van der Waals surface area contributed by atoms with Crippen molar-refractivity contribution in [1.29, 1.82) is 0 Å². The first-order chi connectivity index (χ1) is 11.7. The van der Waals surface area contributed by atoms with Crippen LogP contribution in [0.25, 0.3) is 0 Å². The number of fused-ring (bicyclic) bond motifs is 1. The minimum Gasteiger partial charge on any atom is -0.337 e. The van der Waals surface area contributed by atoms with E-state index >= 15 is 0 Å². The third kappa shape index (κ3) is 2.87. The number of amides is 3. The van der Waals surface area contributed by atoms with Gasteiger partial charge in [0, 0.05) is 49.1 Å². The van der Waals surface area contributed by atoms with E-state index < -0.39 is 0 Å². The number of nitrogens with one attached hydrogen (secondary N) is 1. The Bertz CT molecular complexity index is 720. The maximum absolute atomic E-state index is 12.4. The Labute approximate surface area is 144 Å². The summed E-state index contributed by atoms with van der Waals surface area (Å²) in [5.41, 5.74) is 3.01. The lowest BCUT2D eigenvalue weighted by molar-refractivity contribution is 0.0772. The van der Waals surface area contributed by atoms with Gasteiger partial charge in [0.2, 0.25) is 0 Å². The molecule has 2 fully saturated rings. The highest BCUT2D eigenvalue weighted by molar-refractivity contribution is 7.07. The number of hydrogen-bond donors (Lipinski definition) is 1. The third-order valence-corrected chi connectivity index (χ3v) is 5.32. The van der Waals surface area contributed by atoms with E-state index in [9.17, 15) is 9.59 Å². The molecule has 2 aliphatic heterocycles. The van der Waals surface area contributed by atoms with Crippen LogP contribution >= 0.6 is 11.3 Å². The van der Waals surface area contributed by atoms with Crippen LogP contribution in [0.5, 0.6) is 0 Å². The van der Waals surface area contributed by atoms with Crippen molar-refractivity contribution in [2.45, 2.75) is 0 Å². The number of likely N-dealkylation sites (tertiary alicyclic amines) is 2. The quantitative estimate of drug-likeness (QED) is 0.911. The van der Waals surface area contributed by atoms with Crippen LogP contribution < -0.4 is 5.32 Å². The molecule has 0 radical (unpaired) electrons. The summed E-state index contributed by atoms with van der Waals surface area (Å²) in [6.07, 6.45) is 0. The van der Waals surface area contributed by atoms with E-state index in [4.69, 9.17) is 0 Å². The normalized spacial score (nSPS) is 22.5. The Kier molecular flexibility index (Phi) is 3.93. The van der Waals surface area contributed by atoms with Gasteiger partial charge in [0.1, 0.15) is 5.69 Å². The van der Waals surface area contributed by atoms with E-state index in [1.54, 1.807) is 10.9 Å². The van der Waals surface area contributed by atoms with E-state index in [0.717, 1.165) is 5.69 Å². The molecule has 6 nitrogen and oxygen atoms in total. The van der Waals surface area contributed by atoms with Crippen LogP contribution in [-0.4, -0.2) is 52.9 Å². The molecule has 124 valence electrons. The van der Waals surface area contributed by atoms with Crippen LogP contribution in [0, 0.1) is 11.8 Å². The fraction of sp³-hybridized carbons (Fsp3) is 0.353. The highest BCUT2D eigenvalue weighted by Crippen LogP contribution is 2.32. The summed E-state index contributed by atoms with van der Waals surface area (Å²) in [7, 11) is 0. The molecule has 2 aromatic rings. The van der Waals surface area contributed by atoms with Crippen LogP contribution in [0.1, 0.15) is 10.5 Å². The minimum atomic E-state index is -0.0621. The lowest BCUT2D eigenvalue weighted by atomic mass is 10.0. The molecule has 3 amide bonds. The zero-order valence-electron chi connectivity index (χ0n) is 13.1. The number of para-hydroxylation sites is 1. The molecule has 1 aromatic carbocycles. The number of urea groups is 1. The molecule has 0 spiro atoms. The molecule has 2 aliphatic rings. The topological polar surface area (TPSA) is 65.5 Å². The summed E-state index contributed by atoms with van der Waals surface area (Å²) >= 11 is 1.43. The molecule has 4 rings (SSSR count). The molecular weight excluding hydrogens is 324 g/mol. The van der Waals surface area contributed by atoms with Crippen LogP contribution in [0.3, 0.4) is 0 Å². The first-order valence-corrected chi connectivity index (χ1v) is 8.93. The number of aromatic nitrogens is 1. The van der Waals surface area contributed by atoms with Gasteiger partial charge in [-0.15, -0.1) is 11.3 Å². The fourth-order valence-electron chi connectivity index (χ4n) is 3.53. The van der Waals surface area contributed by atoms with Crippen molar-refractivity contribution in [2.24, 2.45) is 11.8 Å². The fourth-order valence-corrected chi connectivity index (χ4v) is 4.05. The molecule has 2 saturated heterocycles. The highest BCUT2D eigenvalue weighted by atomic mass is 32.1. The van der Waals surface area contributed by atoms with Gasteiger partial charge in [0.25, 0.3) is 5.91 Å². The summed E-state index contributed by atoms with van der Waals surface area (Å²) in [4.78, 5) is 32.6. The van der Waals surface area contributed by atoms with Gasteiger partial charge in [0.15, 0.2) is 0 Å². The van der Waals surface area contributed by atoms with Crippen LogP contribution in [-0.2, 0) is 0 Å². The van der Waals surface area contributed by atoms with Crippen molar-refractivity contribution < 1.29 is 9.59 Å². The van der Waals surface area contributed by atoms with Crippen LogP contribution in [0.4, 0.5) is 10.5 Å². The number of nitrogens with zero attached hydrogens (tertiary/aromatic N) is 3. The van der Waals surface area contributed by atoms with Crippen molar-refractivity contribution in [3.63, 3.8) is 0 Å². The van der Waals surface area contributed by atoms with Crippen LogP contribution in [0.2, 0.25) is 0 Å². The van der Waals surface area contributed by atoms with Crippen LogP contribution in [0.15, 0.2) is 41.2 Å². The van der Waals surface area contributed by atoms with Crippen molar-refractivity contribution in [1.82, 2.24) is 14.8 Å². The molecule has 1 N–H and O–H groups in total. The molecular formula is C17H18N4O2S. The van der Waals surface area contributed by atoms with E-state index in [-0.39, 0.29) is 11.9 Å².